The van der Waals surface area contributed by atoms with Gasteiger partial charge < -0.3 is 14.2 Å². The molecule has 2 heterocycles. The largest absolute Gasteiger partial charge is 0.493 e. The van der Waals surface area contributed by atoms with Crippen LogP contribution in [0.25, 0.3) is 11.4 Å². The number of ether oxygens (including phenoxy) is 1. The van der Waals surface area contributed by atoms with Gasteiger partial charge in [-0.15, -0.1) is 0 Å². The molecule has 3 aromatic rings. The summed E-state index contributed by atoms with van der Waals surface area (Å²) in [6.07, 6.45) is 0.934. The van der Waals surface area contributed by atoms with Crippen LogP contribution in [0.15, 0.2) is 47.0 Å². The van der Waals surface area contributed by atoms with Crippen LogP contribution in [0.2, 0.25) is 5.02 Å². The number of hydrogen-bond acceptors (Lipinski definition) is 5. The lowest BCUT2D eigenvalue weighted by molar-refractivity contribution is -0.129. The Morgan fingerprint density at radius 2 is 2.14 bits per heavy atom. The van der Waals surface area contributed by atoms with Gasteiger partial charge >= 0.3 is 0 Å². The first kappa shape index (κ1) is 19.4. The van der Waals surface area contributed by atoms with Crippen molar-refractivity contribution in [1.29, 1.82) is 0 Å². The topological polar surface area (TPSA) is 68.5 Å². The Bertz CT molecular complexity index is 1040. The zero-order valence-corrected chi connectivity index (χ0v) is 16.5. The number of carbonyl (C=O) groups excluding carboxylic acids is 1. The highest BCUT2D eigenvalue weighted by atomic mass is 35.5. The van der Waals surface area contributed by atoms with Crippen LogP contribution in [-0.4, -0.2) is 27.6 Å². The van der Waals surface area contributed by atoms with Gasteiger partial charge in [0.1, 0.15) is 17.6 Å². The molecule has 6 nitrogen and oxygen atoms in total. The second kappa shape index (κ2) is 8.21. The third-order valence-electron chi connectivity index (χ3n) is 4.84. The maximum absolute atomic E-state index is 13.3. The number of aromatic nitrogens is 2. The fourth-order valence-electron chi connectivity index (χ4n) is 3.43. The second-order valence-corrected chi connectivity index (χ2v) is 7.10. The molecule has 0 saturated carbocycles. The second-order valence-electron chi connectivity index (χ2n) is 6.70. The molecule has 1 fully saturated rings. The maximum Gasteiger partial charge on any atom is 0.249 e. The van der Waals surface area contributed by atoms with Crippen molar-refractivity contribution in [2.24, 2.45) is 0 Å². The number of nitrogens with zero attached hydrogens (tertiary/aromatic N) is 3. The molecule has 1 atom stereocenters. The van der Waals surface area contributed by atoms with Gasteiger partial charge in [-0.25, -0.2) is 4.39 Å². The molecule has 0 N–H and O–H groups in total. The van der Waals surface area contributed by atoms with E-state index in [0.717, 1.165) is 5.56 Å². The van der Waals surface area contributed by atoms with E-state index in [0.29, 0.717) is 42.5 Å². The summed E-state index contributed by atoms with van der Waals surface area (Å²) in [5, 5.41) is 4.37. The first-order chi connectivity index (χ1) is 14.1. The van der Waals surface area contributed by atoms with Crippen molar-refractivity contribution in [2.75, 3.05) is 6.61 Å². The van der Waals surface area contributed by atoms with Crippen LogP contribution in [0.1, 0.15) is 37.3 Å². The summed E-state index contributed by atoms with van der Waals surface area (Å²) in [7, 11) is 0. The molecule has 1 unspecified atom stereocenters. The van der Waals surface area contributed by atoms with Gasteiger partial charge in [0.2, 0.25) is 17.6 Å². The zero-order valence-electron chi connectivity index (χ0n) is 15.8. The van der Waals surface area contributed by atoms with Crippen LogP contribution in [0.5, 0.6) is 5.75 Å². The number of rotatable bonds is 6. The molecule has 2 aromatic carbocycles. The van der Waals surface area contributed by atoms with Crippen LogP contribution in [0.3, 0.4) is 0 Å². The van der Waals surface area contributed by atoms with Crippen molar-refractivity contribution >= 4 is 17.5 Å². The van der Waals surface area contributed by atoms with Crippen LogP contribution in [0.4, 0.5) is 4.39 Å². The Hall–Kier alpha value is -2.93. The van der Waals surface area contributed by atoms with Crippen molar-refractivity contribution in [3.05, 3.63) is 64.8 Å². The molecule has 8 heteroatoms. The average molecular weight is 416 g/mol. The summed E-state index contributed by atoms with van der Waals surface area (Å²) in [6.45, 7) is 2.67. The molecule has 1 amide bonds. The third kappa shape index (κ3) is 3.96. The third-order valence-corrected chi connectivity index (χ3v) is 5.19. The van der Waals surface area contributed by atoms with Crippen LogP contribution in [0, 0.1) is 5.82 Å². The highest BCUT2D eigenvalue weighted by Crippen LogP contribution is 2.36. The minimum atomic E-state index is -0.419. The highest BCUT2D eigenvalue weighted by molar-refractivity contribution is 6.31. The number of halogens is 2. The molecule has 0 spiro atoms. The van der Waals surface area contributed by atoms with Crippen molar-refractivity contribution in [3.8, 4) is 17.1 Å². The smallest absolute Gasteiger partial charge is 0.249 e. The number of benzene rings is 2. The normalized spacial score (nSPS) is 16.4. The standard InChI is InChI=1S/C21H19ClFN3O3/c1-2-28-18-6-4-3-5-15(18)20-24-21(29-25-20)17-9-10-19(27)26(17)12-13-7-8-14(23)11-16(13)22/h3-8,11,17H,2,9-10,12H2,1H3. The van der Waals surface area contributed by atoms with Gasteiger partial charge in [0.25, 0.3) is 0 Å². The van der Waals surface area contributed by atoms with Gasteiger partial charge in [0.15, 0.2) is 0 Å². The monoisotopic (exact) mass is 415 g/mol. The molecule has 150 valence electrons. The van der Waals surface area contributed by atoms with Crippen molar-refractivity contribution < 1.29 is 18.4 Å². The van der Waals surface area contributed by atoms with E-state index >= 15 is 0 Å². The molecule has 1 aromatic heterocycles. The van der Waals surface area contributed by atoms with Crippen LogP contribution < -0.4 is 4.74 Å². The molecule has 1 aliphatic heterocycles. The first-order valence-corrected chi connectivity index (χ1v) is 9.73. The van der Waals surface area contributed by atoms with E-state index in [-0.39, 0.29) is 23.5 Å². The SMILES string of the molecule is CCOc1ccccc1-c1noc(C2CCC(=O)N2Cc2ccc(F)cc2Cl)n1. The van der Waals surface area contributed by atoms with Crippen molar-refractivity contribution in [1.82, 2.24) is 15.0 Å². The summed E-state index contributed by atoms with van der Waals surface area (Å²) in [5.74, 6) is 0.973. The number of para-hydroxylation sites is 1. The average Bonchev–Trinajstić information content (AvgIpc) is 3.32. The Morgan fingerprint density at radius 3 is 2.93 bits per heavy atom. The summed E-state index contributed by atoms with van der Waals surface area (Å²) in [5.41, 5.74) is 1.39. The number of likely N-dealkylation sites (tertiary alicyclic amines) is 1. The van der Waals surface area contributed by atoms with E-state index in [2.05, 4.69) is 10.1 Å². The van der Waals surface area contributed by atoms with Crippen molar-refractivity contribution in [3.63, 3.8) is 0 Å². The minimum absolute atomic E-state index is 0.0372. The van der Waals surface area contributed by atoms with Gasteiger partial charge in [-0.05, 0) is 43.2 Å². The molecule has 1 aliphatic rings. The van der Waals surface area contributed by atoms with Gasteiger partial charge in [0.05, 0.1) is 12.2 Å². The molecule has 4 rings (SSSR count). The Balaban J connectivity index is 1.60. The Morgan fingerprint density at radius 1 is 1.31 bits per heavy atom. The molecule has 1 saturated heterocycles. The minimum Gasteiger partial charge on any atom is -0.493 e. The Kier molecular flexibility index (Phi) is 5.49. The summed E-state index contributed by atoms with van der Waals surface area (Å²) in [4.78, 5) is 18.6. The Labute approximate surface area is 172 Å². The lowest BCUT2D eigenvalue weighted by Gasteiger charge is -2.22. The molecular weight excluding hydrogens is 397 g/mol. The fourth-order valence-corrected chi connectivity index (χ4v) is 3.66. The number of amides is 1. The molecule has 29 heavy (non-hydrogen) atoms. The molecular formula is C21H19ClFN3O3. The van der Waals surface area contributed by atoms with E-state index in [1.54, 1.807) is 11.0 Å². The molecule has 0 bridgehead atoms. The predicted molar refractivity (Wildman–Crippen MR) is 105 cm³/mol. The first-order valence-electron chi connectivity index (χ1n) is 9.36. The van der Waals surface area contributed by atoms with Crippen LogP contribution in [-0.2, 0) is 11.3 Å². The molecule has 0 aliphatic carbocycles. The van der Waals surface area contributed by atoms with Gasteiger partial charge in [0, 0.05) is 18.0 Å². The lowest BCUT2D eigenvalue weighted by atomic mass is 10.1. The van der Waals surface area contributed by atoms with E-state index in [1.807, 2.05) is 31.2 Å². The zero-order chi connectivity index (χ0) is 20.4. The van der Waals surface area contributed by atoms with E-state index in [4.69, 9.17) is 20.9 Å². The number of carbonyl (C=O) groups is 1. The summed E-state index contributed by atoms with van der Waals surface area (Å²) < 4.78 is 24.5. The van der Waals surface area contributed by atoms with Gasteiger partial charge in [-0.3, -0.25) is 4.79 Å². The van der Waals surface area contributed by atoms with Crippen molar-refractivity contribution in [2.45, 2.75) is 32.4 Å². The van der Waals surface area contributed by atoms with Gasteiger partial charge in [-0.1, -0.05) is 35.0 Å². The van der Waals surface area contributed by atoms with E-state index in [1.165, 1.54) is 12.1 Å². The highest BCUT2D eigenvalue weighted by Gasteiger charge is 2.36. The maximum atomic E-state index is 13.3. The predicted octanol–water partition coefficient (Wildman–Crippen LogP) is 4.79. The van der Waals surface area contributed by atoms with E-state index < -0.39 is 5.82 Å². The summed E-state index contributed by atoms with van der Waals surface area (Å²) >= 11 is 6.14. The lowest BCUT2D eigenvalue weighted by Crippen LogP contribution is -2.27. The summed E-state index contributed by atoms with van der Waals surface area (Å²) in [6, 6.07) is 11.2. The fraction of sp³-hybridized carbons (Fsp3) is 0.286. The molecule has 0 radical (unpaired) electrons. The number of hydrogen-bond donors (Lipinski definition) is 0. The van der Waals surface area contributed by atoms with Gasteiger partial charge in [-0.2, -0.15) is 4.98 Å². The quantitative estimate of drug-likeness (QED) is 0.579. The van der Waals surface area contributed by atoms with Crippen LogP contribution >= 0.6 is 11.6 Å². The van der Waals surface area contributed by atoms with E-state index in [9.17, 15) is 9.18 Å².